The highest BCUT2D eigenvalue weighted by Crippen LogP contribution is 2.14. The van der Waals surface area contributed by atoms with Crippen LogP contribution >= 0.6 is 0 Å². The number of carbonyl (C=O) groups is 1. The number of aromatic nitrogens is 2. The maximum Gasteiger partial charge on any atom is 0.322 e. The molecule has 0 spiro atoms. The maximum atomic E-state index is 12.9. The van der Waals surface area contributed by atoms with Gasteiger partial charge in [0.2, 0.25) is 5.89 Å². The number of nitrogens with one attached hydrogen (secondary N) is 1. The zero-order chi connectivity index (χ0) is 17.1. The molecule has 1 heterocycles. The van der Waals surface area contributed by atoms with E-state index in [0.717, 1.165) is 16.7 Å². The number of carbonyl (C=O) groups excluding carboxylic acids is 1. The van der Waals surface area contributed by atoms with Crippen molar-refractivity contribution in [2.45, 2.75) is 20.3 Å². The zero-order valence-corrected chi connectivity index (χ0v) is 13.3. The van der Waals surface area contributed by atoms with Crippen molar-refractivity contribution >= 4 is 11.9 Å². The van der Waals surface area contributed by atoms with Crippen molar-refractivity contribution in [2.75, 3.05) is 5.32 Å². The van der Waals surface area contributed by atoms with E-state index in [1.807, 2.05) is 19.9 Å². The van der Waals surface area contributed by atoms with Crippen molar-refractivity contribution in [1.82, 2.24) is 10.2 Å². The van der Waals surface area contributed by atoms with Crippen LogP contribution in [0.2, 0.25) is 0 Å². The fourth-order valence-corrected chi connectivity index (χ4v) is 2.20. The minimum absolute atomic E-state index is 0.0374. The Bertz CT molecular complexity index is 872. The van der Waals surface area contributed by atoms with Crippen LogP contribution in [-0.2, 0) is 6.42 Å². The average molecular weight is 325 g/mol. The van der Waals surface area contributed by atoms with E-state index < -0.39 is 0 Å². The standard InChI is InChI=1S/C18H16FN3O2/c1-11-3-6-14(9-12(11)2)17(23)20-18-22-21-16(24-18)10-13-4-7-15(19)8-5-13/h3-9H,10H2,1-2H3,(H,20,22,23). The van der Waals surface area contributed by atoms with Crippen molar-refractivity contribution in [3.8, 4) is 0 Å². The second kappa shape index (κ2) is 6.62. The Morgan fingerprint density at radius 3 is 2.54 bits per heavy atom. The summed E-state index contributed by atoms with van der Waals surface area (Å²) in [5, 5.41) is 10.3. The molecule has 0 aliphatic carbocycles. The van der Waals surface area contributed by atoms with E-state index in [0.29, 0.717) is 17.9 Å². The predicted molar refractivity (Wildman–Crippen MR) is 87.4 cm³/mol. The summed E-state index contributed by atoms with van der Waals surface area (Å²) in [5.41, 5.74) is 3.51. The molecule has 6 heteroatoms. The van der Waals surface area contributed by atoms with Gasteiger partial charge in [-0.3, -0.25) is 10.1 Å². The summed E-state index contributed by atoms with van der Waals surface area (Å²) in [6.45, 7) is 3.93. The van der Waals surface area contributed by atoms with Gasteiger partial charge in [-0.05, 0) is 54.8 Å². The molecule has 0 fully saturated rings. The number of amides is 1. The van der Waals surface area contributed by atoms with Gasteiger partial charge in [0.25, 0.3) is 5.91 Å². The number of nitrogens with zero attached hydrogens (tertiary/aromatic N) is 2. The number of rotatable bonds is 4. The van der Waals surface area contributed by atoms with Crippen LogP contribution in [-0.4, -0.2) is 16.1 Å². The first-order chi connectivity index (χ1) is 11.5. The Hall–Kier alpha value is -3.02. The van der Waals surface area contributed by atoms with Crippen molar-refractivity contribution < 1.29 is 13.6 Å². The summed E-state index contributed by atoms with van der Waals surface area (Å²) in [4.78, 5) is 12.2. The van der Waals surface area contributed by atoms with Gasteiger partial charge in [0.05, 0.1) is 6.42 Å². The van der Waals surface area contributed by atoms with Gasteiger partial charge in [-0.2, -0.15) is 0 Å². The summed E-state index contributed by atoms with van der Waals surface area (Å²) in [7, 11) is 0. The molecule has 0 saturated carbocycles. The highest BCUT2D eigenvalue weighted by atomic mass is 19.1. The Morgan fingerprint density at radius 2 is 1.83 bits per heavy atom. The van der Waals surface area contributed by atoms with E-state index >= 15 is 0 Å². The monoisotopic (exact) mass is 325 g/mol. The first-order valence-electron chi connectivity index (χ1n) is 7.47. The van der Waals surface area contributed by atoms with Crippen LogP contribution < -0.4 is 5.32 Å². The van der Waals surface area contributed by atoms with Crippen LogP contribution in [0, 0.1) is 19.7 Å². The van der Waals surface area contributed by atoms with Gasteiger partial charge in [0.1, 0.15) is 5.82 Å². The van der Waals surface area contributed by atoms with Gasteiger partial charge in [-0.1, -0.05) is 23.3 Å². The van der Waals surface area contributed by atoms with Gasteiger partial charge in [0, 0.05) is 5.56 Å². The molecule has 0 aliphatic heterocycles. The van der Waals surface area contributed by atoms with E-state index in [9.17, 15) is 9.18 Å². The third-order valence-corrected chi connectivity index (χ3v) is 3.73. The molecule has 3 rings (SSSR count). The van der Waals surface area contributed by atoms with Crippen LogP contribution in [0.4, 0.5) is 10.4 Å². The average Bonchev–Trinajstić information content (AvgIpc) is 2.99. The summed E-state index contributed by atoms with van der Waals surface area (Å²) < 4.78 is 18.3. The van der Waals surface area contributed by atoms with Crippen molar-refractivity contribution in [3.05, 3.63) is 76.4 Å². The van der Waals surface area contributed by atoms with Crippen molar-refractivity contribution in [1.29, 1.82) is 0 Å². The second-order valence-corrected chi connectivity index (χ2v) is 5.56. The van der Waals surface area contributed by atoms with E-state index in [2.05, 4.69) is 15.5 Å². The molecule has 3 aromatic rings. The van der Waals surface area contributed by atoms with E-state index in [-0.39, 0.29) is 17.7 Å². The van der Waals surface area contributed by atoms with Gasteiger partial charge in [-0.15, -0.1) is 5.10 Å². The van der Waals surface area contributed by atoms with Gasteiger partial charge < -0.3 is 4.42 Å². The van der Waals surface area contributed by atoms with Gasteiger partial charge >= 0.3 is 6.01 Å². The molecule has 5 nitrogen and oxygen atoms in total. The van der Waals surface area contributed by atoms with Crippen molar-refractivity contribution in [3.63, 3.8) is 0 Å². The zero-order valence-electron chi connectivity index (χ0n) is 13.3. The largest absolute Gasteiger partial charge is 0.407 e. The molecule has 24 heavy (non-hydrogen) atoms. The predicted octanol–water partition coefficient (Wildman–Crippen LogP) is 3.67. The highest BCUT2D eigenvalue weighted by Gasteiger charge is 2.12. The molecule has 0 saturated heterocycles. The minimum Gasteiger partial charge on any atom is -0.407 e. The number of aryl methyl sites for hydroxylation is 2. The number of hydrogen-bond donors (Lipinski definition) is 1. The molecule has 0 aliphatic rings. The molecule has 1 N–H and O–H groups in total. The molecule has 0 unspecified atom stereocenters. The lowest BCUT2D eigenvalue weighted by Crippen LogP contribution is -2.12. The van der Waals surface area contributed by atoms with Crippen LogP contribution in [0.5, 0.6) is 0 Å². The van der Waals surface area contributed by atoms with Crippen LogP contribution in [0.3, 0.4) is 0 Å². The van der Waals surface area contributed by atoms with Crippen molar-refractivity contribution in [2.24, 2.45) is 0 Å². The third-order valence-electron chi connectivity index (χ3n) is 3.73. The fourth-order valence-electron chi connectivity index (χ4n) is 2.20. The molecule has 0 atom stereocenters. The molecule has 1 amide bonds. The molecule has 0 radical (unpaired) electrons. The lowest BCUT2D eigenvalue weighted by atomic mass is 10.1. The summed E-state index contributed by atoms with van der Waals surface area (Å²) in [5.74, 6) is -0.266. The molecular weight excluding hydrogens is 309 g/mol. The summed E-state index contributed by atoms with van der Waals surface area (Å²) >= 11 is 0. The lowest BCUT2D eigenvalue weighted by Gasteiger charge is -2.04. The van der Waals surface area contributed by atoms with E-state index in [1.165, 1.54) is 12.1 Å². The third kappa shape index (κ3) is 3.65. The van der Waals surface area contributed by atoms with Crippen LogP contribution in [0.25, 0.3) is 0 Å². The second-order valence-electron chi connectivity index (χ2n) is 5.56. The maximum absolute atomic E-state index is 12.9. The van der Waals surface area contributed by atoms with Gasteiger partial charge in [-0.25, -0.2) is 4.39 Å². The minimum atomic E-state index is -0.310. The SMILES string of the molecule is Cc1ccc(C(=O)Nc2nnc(Cc3ccc(F)cc3)o2)cc1C. The number of hydrogen-bond acceptors (Lipinski definition) is 4. The van der Waals surface area contributed by atoms with E-state index in [1.54, 1.807) is 24.3 Å². The first kappa shape index (κ1) is 15.9. The molecule has 122 valence electrons. The molecule has 2 aromatic carbocycles. The quantitative estimate of drug-likeness (QED) is 0.795. The number of halogens is 1. The Morgan fingerprint density at radius 1 is 1.08 bits per heavy atom. The van der Waals surface area contributed by atoms with Crippen LogP contribution in [0.1, 0.15) is 32.9 Å². The lowest BCUT2D eigenvalue weighted by molar-refractivity contribution is 0.102. The Kier molecular flexibility index (Phi) is 4.37. The topological polar surface area (TPSA) is 68.0 Å². The smallest absolute Gasteiger partial charge is 0.322 e. The summed E-state index contributed by atoms with van der Waals surface area (Å²) in [6, 6.07) is 11.5. The normalized spacial score (nSPS) is 10.6. The highest BCUT2D eigenvalue weighted by molar-refractivity contribution is 6.03. The Balaban J connectivity index is 1.68. The van der Waals surface area contributed by atoms with E-state index in [4.69, 9.17) is 4.42 Å². The molecular formula is C18H16FN3O2. The number of anilines is 1. The molecule has 1 aromatic heterocycles. The Labute approximate surface area is 138 Å². The number of benzene rings is 2. The first-order valence-corrected chi connectivity index (χ1v) is 7.47. The molecule has 0 bridgehead atoms. The van der Waals surface area contributed by atoms with Gasteiger partial charge in [0.15, 0.2) is 0 Å². The summed E-state index contributed by atoms with van der Waals surface area (Å²) in [6.07, 6.45) is 0.368. The van der Waals surface area contributed by atoms with Crippen LogP contribution in [0.15, 0.2) is 46.9 Å². The fraction of sp³-hybridized carbons (Fsp3) is 0.167.